The van der Waals surface area contributed by atoms with Crippen LogP contribution in [0.3, 0.4) is 0 Å². The second-order valence-corrected chi connectivity index (χ2v) is 6.46. The van der Waals surface area contributed by atoms with Gasteiger partial charge in [-0.3, -0.25) is 14.5 Å². The summed E-state index contributed by atoms with van der Waals surface area (Å²) < 4.78 is 0. The Morgan fingerprint density at radius 2 is 1.86 bits per heavy atom. The minimum absolute atomic E-state index is 0.0354. The lowest BCUT2D eigenvalue weighted by Gasteiger charge is -2.22. The third-order valence-electron chi connectivity index (χ3n) is 4.83. The first-order valence-corrected chi connectivity index (χ1v) is 8.40. The molecule has 1 saturated heterocycles. The summed E-state index contributed by atoms with van der Waals surface area (Å²) in [7, 11) is 0. The Hall–Kier alpha value is -1.10. The summed E-state index contributed by atoms with van der Waals surface area (Å²) in [5.41, 5.74) is 0. The molecule has 0 radical (unpaired) electrons. The second-order valence-electron chi connectivity index (χ2n) is 6.46. The summed E-state index contributed by atoms with van der Waals surface area (Å²) >= 11 is 0. The molecule has 120 valence electrons. The molecule has 21 heavy (non-hydrogen) atoms. The lowest BCUT2D eigenvalue weighted by atomic mass is 9.86. The molecule has 2 aliphatic rings. The standard InChI is InChI=1S/C16H28N2O3/c19-15(12-18-11-5-9-14(18)16(20)21)17-10-4-8-13-6-2-1-3-7-13/h13-14H,1-12H2,(H,17,19)(H,20,21)/t14-/m0/s1. The Kier molecular flexibility index (Phi) is 6.49. The number of carboxylic acids is 1. The summed E-state index contributed by atoms with van der Waals surface area (Å²) in [5, 5.41) is 12.0. The van der Waals surface area contributed by atoms with E-state index in [4.69, 9.17) is 5.11 Å². The van der Waals surface area contributed by atoms with Gasteiger partial charge in [-0.1, -0.05) is 32.1 Å². The molecule has 1 amide bonds. The van der Waals surface area contributed by atoms with Crippen molar-refractivity contribution in [3.05, 3.63) is 0 Å². The van der Waals surface area contributed by atoms with Crippen LogP contribution in [0.2, 0.25) is 0 Å². The van der Waals surface area contributed by atoms with Gasteiger partial charge in [-0.2, -0.15) is 0 Å². The molecule has 1 aliphatic carbocycles. The number of rotatable bonds is 7. The summed E-state index contributed by atoms with van der Waals surface area (Å²) in [5.74, 6) is 0.00928. The number of carbonyl (C=O) groups is 2. The number of carbonyl (C=O) groups excluding carboxylic acids is 1. The Morgan fingerprint density at radius 3 is 2.57 bits per heavy atom. The molecular weight excluding hydrogens is 268 g/mol. The SMILES string of the molecule is O=C(CN1CCC[C@H]1C(=O)O)NCCCC1CCCCC1. The highest BCUT2D eigenvalue weighted by atomic mass is 16.4. The van der Waals surface area contributed by atoms with Gasteiger partial charge in [0.05, 0.1) is 6.54 Å². The van der Waals surface area contributed by atoms with E-state index in [9.17, 15) is 9.59 Å². The minimum atomic E-state index is -0.808. The van der Waals surface area contributed by atoms with Gasteiger partial charge in [0.2, 0.25) is 5.91 Å². The Bertz CT molecular complexity index is 353. The summed E-state index contributed by atoms with van der Waals surface area (Å²) in [4.78, 5) is 24.7. The maximum absolute atomic E-state index is 11.9. The number of nitrogens with zero attached hydrogens (tertiary/aromatic N) is 1. The van der Waals surface area contributed by atoms with E-state index < -0.39 is 12.0 Å². The summed E-state index contributed by atoms with van der Waals surface area (Å²) in [6, 6.07) is -0.474. The highest BCUT2D eigenvalue weighted by Crippen LogP contribution is 2.26. The largest absolute Gasteiger partial charge is 0.480 e. The zero-order valence-electron chi connectivity index (χ0n) is 12.9. The average Bonchev–Trinajstić information content (AvgIpc) is 2.93. The number of nitrogens with one attached hydrogen (secondary N) is 1. The third-order valence-corrected chi connectivity index (χ3v) is 4.83. The van der Waals surface area contributed by atoms with Crippen molar-refractivity contribution in [3.63, 3.8) is 0 Å². The molecule has 5 nitrogen and oxygen atoms in total. The third kappa shape index (κ3) is 5.30. The summed E-state index contributed by atoms with van der Waals surface area (Å²) in [6.45, 7) is 1.66. The zero-order valence-corrected chi connectivity index (χ0v) is 12.9. The van der Waals surface area contributed by atoms with Crippen LogP contribution in [0.4, 0.5) is 0 Å². The average molecular weight is 296 g/mol. The molecule has 1 saturated carbocycles. The van der Waals surface area contributed by atoms with Crippen LogP contribution in [0.5, 0.6) is 0 Å². The molecular formula is C16H28N2O3. The van der Waals surface area contributed by atoms with E-state index in [0.717, 1.165) is 25.3 Å². The quantitative estimate of drug-likeness (QED) is 0.705. The number of carboxylic acid groups (broad SMARTS) is 1. The Morgan fingerprint density at radius 1 is 1.10 bits per heavy atom. The van der Waals surface area contributed by atoms with E-state index in [1.54, 1.807) is 4.90 Å². The van der Waals surface area contributed by atoms with E-state index in [1.165, 1.54) is 38.5 Å². The Balaban J connectivity index is 1.58. The monoisotopic (exact) mass is 296 g/mol. The van der Waals surface area contributed by atoms with Crippen LogP contribution in [0.15, 0.2) is 0 Å². The van der Waals surface area contributed by atoms with Crippen LogP contribution in [0, 0.1) is 5.92 Å². The van der Waals surface area contributed by atoms with Crippen molar-refractivity contribution in [2.24, 2.45) is 5.92 Å². The van der Waals surface area contributed by atoms with Gasteiger partial charge >= 0.3 is 5.97 Å². The normalized spacial score (nSPS) is 24.1. The minimum Gasteiger partial charge on any atom is -0.480 e. The lowest BCUT2D eigenvalue weighted by molar-refractivity contribution is -0.142. The number of hydrogen-bond donors (Lipinski definition) is 2. The number of hydrogen-bond acceptors (Lipinski definition) is 3. The molecule has 0 aromatic heterocycles. The van der Waals surface area contributed by atoms with Crippen LogP contribution in [0.1, 0.15) is 57.8 Å². The molecule has 0 unspecified atom stereocenters. The highest BCUT2D eigenvalue weighted by Gasteiger charge is 2.31. The van der Waals surface area contributed by atoms with Crippen LogP contribution >= 0.6 is 0 Å². The smallest absolute Gasteiger partial charge is 0.320 e. The molecule has 2 rings (SSSR count). The number of aliphatic carboxylic acids is 1. The Labute approximate surface area is 127 Å². The molecule has 0 aromatic carbocycles. The van der Waals surface area contributed by atoms with Gasteiger partial charge in [-0.15, -0.1) is 0 Å². The van der Waals surface area contributed by atoms with E-state index in [-0.39, 0.29) is 12.5 Å². The van der Waals surface area contributed by atoms with Crippen molar-refractivity contribution in [2.45, 2.75) is 63.8 Å². The highest BCUT2D eigenvalue weighted by molar-refractivity contribution is 5.80. The van der Waals surface area contributed by atoms with Gasteiger partial charge < -0.3 is 10.4 Å². The van der Waals surface area contributed by atoms with E-state index in [0.29, 0.717) is 13.0 Å². The van der Waals surface area contributed by atoms with Gasteiger partial charge in [0, 0.05) is 6.54 Å². The maximum atomic E-state index is 11.9. The van der Waals surface area contributed by atoms with Crippen molar-refractivity contribution in [3.8, 4) is 0 Å². The predicted octanol–water partition coefficient (Wildman–Crippen LogP) is 2.01. The van der Waals surface area contributed by atoms with Crippen LogP contribution in [0.25, 0.3) is 0 Å². The van der Waals surface area contributed by atoms with Crippen molar-refractivity contribution in [1.82, 2.24) is 10.2 Å². The molecule has 1 heterocycles. The van der Waals surface area contributed by atoms with Crippen LogP contribution in [-0.2, 0) is 9.59 Å². The van der Waals surface area contributed by atoms with Crippen molar-refractivity contribution >= 4 is 11.9 Å². The maximum Gasteiger partial charge on any atom is 0.320 e. The first kappa shape index (κ1) is 16.3. The fourth-order valence-electron chi connectivity index (χ4n) is 3.63. The fraction of sp³-hybridized carbons (Fsp3) is 0.875. The van der Waals surface area contributed by atoms with E-state index >= 15 is 0 Å². The van der Waals surface area contributed by atoms with Gasteiger partial charge in [-0.25, -0.2) is 0 Å². The van der Waals surface area contributed by atoms with E-state index in [2.05, 4.69) is 5.32 Å². The lowest BCUT2D eigenvalue weighted by Crippen LogP contribution is -2.43. The van der Waals surface area contributed by atoms with Crippen molar-refractivity contribution in [2.75, 3.05) is 19.6 Å². The van der Waals surface area contributed by atoms with Crippen molar-refractivity contribution in [1.29, 1.82) is 0 Å². The fourth-order valence-corrected chi connectivity index (χ4v) is 3.63. The molecule has 0 spiro atoms. The molecule has 0 bridgehead atoms. The first-order valence-electron chi connectivity index (χ1n) is 8.40. The van der Waals surface area contributed by atoms with Gasteiger partial charge in [-0.05, 0) is 38.1 Å². The van der Waals surface area contributed by atoms with Gasteiger partial charge in [0.1, 0.15) is 6.04 Å². The molecule has 1 atom stereocenters. The molecule has 1 aliphatic heterocycles. The number of likely N-dealkylation sites (tertiary alicyclic amines) is 1. The van der Waals surface area contributed by atoms with Crippen LogP contribution in [-0.4, -0.2) is 47.6 Å². The summed E-state index contributed by atoms with van der Waals surface area (Å²) in [6.07, 6.45) is 10.6. The second kappa shape index (κ2) is 8.37. The molecule has 0 aromatic rings. The molecule has 2 fully saturated rings. The zero-order chi connectivity index (χ0) is 15.1. The molecule has 2 N–H and O–H groups in total. The van der Waals surface area contributed by atoms with E-state index in [1.807, 2.05) is 0 Å². The van der Waals surface area contributed by atoms with Crippen molar-refractivity contribution < 1.29 is 14.7 Å². The molecule has 5 heteroatoms. The topological polar surface area (TPSA) is 69.6 Å². The van der Waals surface area contributed by atoms with Gasteiger partial charge in [0.15, 0.2) is 0 Å². The first-order chi connectivity index (χ1) is 10.2. The van der Waals surface area contributed by atoms with Crippen LogP contribution < -0.4 is 5.32 Å². The number of amides is 1. The van der Waals surface area contributed by atoms with Gasteiger partial charge in [0.25, 0.3) is 0 Å². The predicted molar refractivity (Wildman–Crippen MR) is 81.0 cm³/mol.